The molecule has 0 aliphatic rings. The Morgan fingerprint density at radius 2 is 1.85 bits per heavy atom. The van der Waals surface area contributed by atoms with Gasteiger partial charge in [-0.05, 0) is 37.9 Å². The molecule has 0 aliphatic heterocycles. The molecule has 0 saturated carbocycles. The fourth-order valence-electron chi connectivity index (χ4n) is 0.817. The van der Waals surface area contributed by atoms with Crippen molar-refractivity contribution < 1.29 is 14.4 Å². The van der Waals surface area contributed by atoms with Gasteiger partial charge in [0.2, 0.25) is 0 Å². The molecule has 0 atom stereocenters. The molecule has 2 N–H and O–H groups in total. The molecule has 1 aromatic rings. The minimum Gasteiger partial charge on any atom is -0.423 e. The lowest BCUT2D eigenvalue weighted by atomic mass is 9.80. The number of benzene rings is 1. The maximum absolute atomic E-state index is 13.1. The van der Waals surface area contributed by atoms with Crippen LogP contribution in [-0.2, 0) is 0 Å². The monoisotopic (exact) mass is 330 g/mol. The summed E-state index contributed by atoms with van der Waals surface area (Å²) in [5.41, 5.74) is -0.240. The molecule has 0 fully saturated rings. The molecule has 0 aliphatic carbocycles. The summed E-state index contributed by atoms with van der Waals surface area (Å²) in [6.45, 7) is 0. The molecule has 0 spiro atoms. The summed E-state index contributed by atoms with van der Waals surface area (Å²) >= 11 is 11.7. The first kappa shape index (κ1) is 11.5. The van der Waals surface area contributed by atoms with E-state index >= 15 is 0 Å². The van der Waals surface area contributed by atoms with E-state index in [-0.39, 0.29) is 15.0 Å². The van der Waals surface area contributed by atoms with Gasteiger partial charge in [0.25, 0.3) is 0 Å². The van der Waals surface area contributed by atoms with Crippen molar-refractivity contribution in [1.29, 1.82) is 0 Å². The van der Waals surface area contributed by atoms with E-state index in [2.05, 4.69) is 31.9 Å². The number of hydrogen-bond acceptors (Lipinski definition) is 2. The molecule has 0 heterocycles. The van der Waals surface area contributed by atoms with Crippen molar-refractivity contribution in [3.05, 3.63) is 25.9 Å². The van der Waals surface area contributed by atoms with Crippen LogP contribution in [0.3, 0.4) is 0 Å². The van der Waals surface area contributed by atoms with Crippen molar-refractivity contribution in [2.75, 3.05) is 0 Å². The molecular weight excluding hydrogens is 329 g/mol. The van der Waals surface area contributed by atoms with Gasteiger partial charge >= 0.3 is 7.12 Å². The molecule has 1 rings (SSSR count). The fraction of sp³-hybridized carbons (Fsp3) is 0. The van der Waals surface area contributed by atoms with Crippen molar-refractivity contribution >= 4 is 56.0 Å². The highest BCUT2D eigenvalue weighted by molar-refractivity contribution is 9.13. The third-order valence-corrected chi connectivity index (χ3v) is 4.11. The summed E-state index contributed by atoms with van der Waals surface area (Å²) in [6, 6.07) is 1.01. The second-order valence-corrected chi connectivity index (χ2v) is 4.25. The smallest absolute Gasteiger partial charge is 0.423 e. The van der Waals surface area contributed by atoms with Crippen LogP contribution in [0.4, 0.5) is 4.39 Å². The van der Waals surface area contributed by atoms with E-state index < -0.39 is 12.9 Å². The van der Waals surface area contributed by atoms with Crippen LogP contribution < -0.4 is 5.46 Å². The lowest BCUT2D eigenvalue weighted by molar-refractivity contribution is 0.422. The van der Waals surface area contributed by atoms with E-state index in [1.54, 1.807) is 0 Å². The third kappa shape index (κ3) is 2.25. The van der Waals surface area contributed by atoms with Crippen molar-refractivity contribution in [3.63, 3.8) is 0 Å². The van der Waals surface area contributed by atoms with Gasteiger partial charge in [-0.2, -0.15) is 0 Å². The molecule has 0 radical (unpaired) electrons. The van der Waals surface area contributed by atoms with E-state index in [4.69, 9.17) is 21.6 Å². The topological polar surface area (TPSA) is 40.5 Å². The largest absolute Gasteiger partial charge is 0.492 e. The molecule has 1 aromatic carbocycles. The van der Waals surface area contributed by atoms with Crippen LogP contribution in [0, 0.1) is 5.82 Å². The standard InChI is InChI=1S/C6H3BBr2ClFO2/c8-5-2(10)1-3(11)4(6(5)9)7(12)13/h1,12-13H. The number of halogens is 4. The first-order chi connectivity index (χ1) is 5.95. The molecule has 0 bridgehead atoms. The van der Waals surface area contributed by atoms with Crippen LogP contribution >= 0.6 is 43.5 Å². The zero-order valence-electron chi connectivity index (χ0n) is 6.06. The van der Waals surface area contributed by atoms with E-state index in [0.717, 1.165) is 6.07 Å². The highest BCUT2D eigenvalue weighted by Gasteiger charge is 2.23. The van der Waals surface area contributed by atoms with Crippen LogP contribution in [0.15, 0.2) is 15.0 Å². The molecule has 0 unspecified atom stereocenters. The Hall–Kier alpha value is 0.385. The lowest BCUT2D eigenvalue weighted by Crippen LogP contribution is -2.34. The number of rotatable bonds is 1. The summed E-state index contributed by atoms with van der Waals surface area (Å²) in [6.07, 6.45) is 0. The second kappa shape index (κ2) is 4.27. The molecule has 13 heavy (non-hydrogen) atoms. The Bertz CT molecular complexity index is 348. The van der Waals surface area contributed by atoms with E-state index in [0.29, 0.717) is 4.47 Å². The van der Waals surface area contributed by atoms with Gasteiger partial charge in [0, 0.05) is 9.94 Å². The average Bonchev–Trinajstić information content (AvgIpc) is 1.99. The van der Waals surface area contributed by atoms with Gasteiger partial charge in [0.1, 0.15) is 5.82 Å². The van der Waals surface area contributed by atoms with Crippen LogP contribution in [0.5, 0.6) is 0 Å². The van der Waals surface area contributed by atoms with E-state index in [9.17, 15) is 4.39 Å². The van der Waals surface area contributed by atoms with E-state index in [1.165, 1.54) is 0 Å². The van der Waals surface area contributed by atoms with Gasteiger partial charge in [-0.3, -0.25) is 0 Å². The Labute approximate surface area is 96.1 Å². The average molecular weight is 332 g/mol. The van der Waals surface area contributed by atoms with E-state index in [1.807, 2.05) is 0 Å². The Kier molecular flexibility index (Phi) is 3.77. The van der Waals surface area contributed by atoms with Crippen molar-refractivity contribution in [2.24, 2.45) is 0 Å². The molecule has 7 heteroatoms. The van der Waals surface area contributed by atoms with Gasteiger partial charge in [-0.15, -0.1) is 0 Å². The fourth-order valence-corrected chi connectivity index (χ4v) is 2.06. The maximum Gasteiger partial charge on any atom is 0.492 e. The third-order valence-electron chi connectivity index (χ3n) is 1.41. The maximum atomic E-state index is 13.1. The highest BCUT2D eigenvalue weighted by atomic mass is 79.9. The Morgan fingerprint density at radius 3 is 2.31 bits per heavy atom. The van der Waals surface area contributed by atoms with Gasteiger partial charge in [-0.1, -0.05) is 11.6 Å². The zero-order valence-corrected chi connectivity index (χ0v) is 9.99. The first-order valence-corrected chi connectivity index (χ1v) is 5.10. The normalized spacial score (nSPS) is 10.3. The summed E-state index contributed by atoms with van der Waals surface area (Å²) in [5, 5.41) is 17.8. The predicted molar refractivity (Wildman–Crippen MR) is 56.6 cm³/mol. The molecule has 70 valence electrons. The summed E-state index contributed by atoms with van der Waals surface area (Å²) in [5.74, 6) is -0.768. The zero-order chi connectivity index (χ0) is 10.2. The van der Waals surface area contributed by atoms with Gasteiger partial charge in [0.15, 0.2) is 0 Å². The highest BCUT2D eigenvalue weighted by Crippen LogP contribution is 2.30. The van der Waals surface area contributed by atoms with Gasteiger partial charge in [-0.25, -0.2) is 4.39 Å². The van der Waals surface area contributed by atoms with Crippen molar-refractivity contribution in [2.45, 2.75) is 0 Å². The van der Waals surface area contributed by atoms with Crippen molar-refractivity contribution in [3.8, 4) is 0 Å². The first-order valence-electron chi connectivity index (χ1n) is 3.14. The minimum absolute atomic E-state index is 0.161. The molecule has 0 amide bonds. The minimum atomic E-state index is -1.87. The molecule has 2 nitrogen and oxygen atoms in total. The number of hydrogen-bond donors (Lipinski definition) is 2. The van der Waals surface area contributed by atoms with Crippen LogP contribution in [-0.4, -0.2) is 17.2 Å². The second-order valence-electron chi connectivity index (χ2n) is 2.26. The van der Waals surface area contributed by atoms with Crippen LogP contribution in [0.25, 0.3) is 0 Å². The Balaban J connectivity index is 3.44. The molecule has 0 aromatic heterocycles. The van der Waals surface area contributed by atoms with Crippen LogP contribution in [0.1, 0.15) is 0 Å². The predicted octanol–water partition coefficient (Wildman–Crippen LogP) is 1.68. The molecular formula is C6H3BBr2ClFO2. The SMILES string of the molecule is OB(O)c1c(F)cc(Cl)c(Br)c1Br. The van der Waals surface area contributed by atoms with Crippen LogP contribution in [0.2, 0.25) is 5.02 Å². The van der Waals surface area contributed by atoms with Gasteiger partial charge in [0.05, 0.1) is 9.50 Å². The Morgan fingerprint density at radius 1 is 1.31 bits per heavy atom. The lowest BCUT2D eigenvalue weighted by Gasteiger charge is -2.07. The molecule has 0 saturated heterocycles. The van der Waals surface area contributed by atoms with Crippen molar-refractivity contribution in [1.82, 2.24) is 0 Å². The summed E-state index contributed by atoms with van der Waals surface area (Å²) in [4.78, 5) is 0. The summed E-state index contributed by atoms with van der Waals surface area (Å²) < 4.78 is 13.7. The van der Waals surface area contributed by atoms with Gasteiger partial charge < -0.3 is 10.0 Å². The summed E-state index contributed by atoms with van der Waals surface area (Å²) in [7, 11) is -1.87. The quantitative estimate of drug-likeness (QED) is 0.467.